The van der Waals surface area contributed by atoms with E-state index in [9.17, 15) is 20.3 Å². The molecule has 21 heavy (non-hydrogen) atoms. The van der Waals surface area contributed by atoms with Gasteiger partial charge in [-0.2, -0.15) is 0 Å². The second kappa shape index (κ2) is 4.86. The number of anilines is 1. The molecular formula is C14H12N2O5. The number of hydrogen-bond donors (Lipinski definition) is 3. The minimum atomic E-state index is -0.560. The lowest BCUT2D eigenvalue weighted by molar-refractivity contribution is -0.384. The van der Waals surface area contributed by atoms with Gasteiger partial charge in [-0.05, 0) is 24.3 Å². The van der Waals surface area contributed by atoms with Crippen molar-refractivity contribution in [2.45, 2.75) is 6.04 Å². The quantitative estimate of drug-likeness (QED) is 0.455. The predicted molar refractivity (Wildman–Crippen MR) is 74.7 cm³/mol. The second-order valence-corrected chi connectivity index (χ2v) is 4.69. The highest BCUT2D eigenvalue weighted by atomic mass is 16.6. The Labute approximate surface area is 119 Å². The van der Waals surface area contributed by atoms with Gasteiger partial charge >= 0.3 is 0 Å². The third-order valence-electron chi connectivity index (χ3n) is 3.29. The summed E-state index contributed by atoms with van der Waals surface area (Å²) >= 11 is 0. The number of nitrogens with one attached hydrogen (secondary N) is 1. The van der Waals surface area contributed by atoms with Gasteiger partial charge in [0.1, 0.15) is 29.5 Å². The molecule has 0 saturated carbocycles. The fourth-order valence-electron chi connectivity index (χ4n) is 2.30. The third-order valence-corrected chi connectivity index (χ3v) is 3.29. The second-order valence-electron chi connectivity index (χ2n) is 4.69. The summed E-state index contributed by atoms with van der Waals surface area (Å²) in [6, 6.07) is 8.41. The highest BCUT2D eigenvalue weighted by Crippen LogP contribution is 2.38. The van der Waals surface area contributed by atoms with Gasteiger partial charge in [0, 0.05) is 11.6 Å². The molecule has 2 aromatic carbocycles. The van der Waals surface area contributed by atoms with Crippen molar-refractivity contribution in [1.29, 1.82) is 0 Å². The number of nitro benzene ring substituents is 1. The van der Waals surface area contributed by atoms with Gasteiger partial charge in [0.25, 0.3) is 5.69 Å². The number of fused-ring (bicyclic) bond motifs is 1. The monoisotopic (exact) mass is 288 g/mol. The summed E-state index contributed by atoms with van der Waals surface area (Å²) < 4.78 is 5.45. The first-order valence-electron chi connectivity index (χ1n) is 6.24. The number of nitrogens with zero attached hydrogens (tertiary/aromatic N) is 1. The van der Waals surface area contributed by atoms with Gasteiger partial charge in [0.2, 0.25) is 0 Å². The van der Waals surface area contributed by atoms with Crippen LogP contribution >= 0.6 is 0 Å². The minimum absolute atomic E-state index is 0.102. The molecule has 2 aromatic rings. The lowest BCUT2D eigenvalue weighted by Gasteiger charge is -2.13. The maximum absolute atomic E-state index is 11.0. The molecule has 0 amide bonds. The summed E-state index contributed by atoms with van der Waals surface area (Å²) in [6.45, 7) is 0.302. The lowest BCUT2D eigenvalue weighted by atomic mass is 10.1. The fourth-order valence-corrected chi connectivity index (χ4v) is 2.30. The van der Waals surface area contributed by atoms with Crippen molar-refractivity contribution >= 4 is 11.4 Å². The normalized spacial score (nSPS) is 16.1. The zero-order chi connectivity index (χ0) is 15.0. The third kappa shape index (κ3) is 2.40. The van der Waals surface area contributed by atoms with Crippen molar-refractivity contribution in [1.82, 2.24) is 0 Å². The van der Waals surface area contributed by atoms with E-state index in [1.165, 1.54) is 24.3 Å². The molecule has 3 N–H and O–H groups in total. The number of phenols is 2. The molecule has 0 fully saturated rings. The van der Waals surface area contributed by atoms with Gasteiger partial charge in [-0.25, -0.2) is 0 Å². The van der Waals surface area contributed by atoms with E-state index >= 15 is 0 Å². The Morgan fingerprint density at radius 2 is 1.90 bits per heavy atom. The van der Waals surface area contributed by atoms with Crippen LogP contribution in [-0.2, 0) is 0 Å². The molecule has 7 nitrogen and oxygen atoms in total. The van der Waals surface area contributed by atoms with Crippen LogP contribution in [-0.4, -0.2) is 21.7 Å². The maximum Gasteiger partial charge on any atom is 0.296 e. The first-order valence-corrected chi connectivity index (χ1v) is 6.24. The summed E-state index contributed by atoms with van der Waals surface area (Å²) in [5.74, 6) is 0.485. The molecule has 0 bridgehead atoms. The number of rotatable bonds is 3. The summed E-state index contributed by atoms with van der Waals surface area (Å²) in [5.41, 5.74) is 0.907. The highest BCUT2D eigenvalue weighted by molar-refractivity contribution is 5.65. The zero-order valence-electron chi connectivity index (χ0n) is 10.8. The van der Waals surface area contributed by atoms with Crippen LogP contribution in [0.3, 0.4) is 0 Å². The summed E-state index contributed by atoms with van der Waals surface area (Å²) in [7, 11) is 0. The predicted octanol–water partition coefficient (Wildman–Crippen LogP) is 2.55. The van der Waals surface area contributed by atoms with E-state index in [4.69, 9.17) is 4.74 Å². The number of phenolic OH excluding ortho intramolecular Hbond substituents is 2. The molecule has 1 aliphatic heterocycles. The fraction of sp³-hybridized carbons (Fsp3) is 0.143. The molecule has 108 valence electrons. The number of aromatic hydroxyl groups is 2. The Morgan fingerprint density at radius 3 is 2.67 bits per heavy atom. The molecular weight excluding hydrogens is 276 g/mol. The van der Waals surface area contributed by atoms with E-state index in [1.54, 1.807) is 6.07 Å². The van der Waals surface area contributed by atoms with Crippen LogP contribution in [0.1, 0.15) is 11.6 Å². The molecule has 0 saturated heterocycles. The van der Waals surface area contributed by atoms with Gasteiger partial charge in [-0.15, -0.1) is 0 Å². The topological polar surface area (TPSA) is 105 Å². The van der Waals surface area contributed by atoms with Crippen LogP contribution in [0.25, 0.3) is 0 Å². The molecule has 1 unspecified atom stereocenters. The lowest BCUT2D eigenvalue weighted by Crippen LogP contribution is -2.13. The van der Waals surface area contributed by atoms with Crippen LogP contribution in [0.5, 0.6) is 17.2 Å². The van der Waals surface area contributed by atoms with Crippen LogP contribution < -0.4 is 10.1 Å². The van der Waals surface area contributed by atoms with Crippen LogP contribution in [0.15, 0.2) is 36.4 Å². The summed E-state index contributed by atoms with van der Waals surface area (Å²) in [6.07, 6.45) is 0. The van der Waals surface area contributed by atoms with Gasteiger partial charge in [-0.1, -0.05) is 0 Å². The van der Waals surface area contributed by atoms with E-state index in [0.717, 1.165) is 11.6 Å². The average Bonchev–Trinajstić information content (AvgIpc) is 2.82. The van der Waals surface area contributed by atoms with E-state index in [1.807, 2.05) is 0 Å². The van der Waals surface area contributed by atoms with Crippen LogP contribution in [0.2, 0.25) is 0 Å². The molecule has 0 radical (unpaired) electrons. The Balaban J connectivity index is 1.91. The zero-order valence-corrected chi connectivity index (χ0v) is 10.8. The molecule has 3 rings (SSSR count). The first-order chi connectivity index (χ1) is 10.0. The molecule has 7 heteroatoms. The average molecular weight is 288 g/mol. The highest BCUT2D eigenvalue weighted by Gasteiger charge is 2.26. The van der Waals surface area contributed by atoms with Crippen molar-refractivity contribution in [3.8, 4) is 17.2 Å². The summed E-state index contributed by atoms with van der Waals surface area (Å²) in [5, 5.41) is 32.8. The number of nitro groups is 1. The van der Waals surface area contributed by atoms with E-state index in [2.05, 4.69) is 5.32 Å². The SMILES string of the molecule is O=[N+]([O-])c1cc(O)ccc1NC1COc2cc(O)ccc21. The van der Waals surface area contributed by atoms with Crippen molar-refractivity contribution in [2.24, 2.45) is 0 Å². The maximum atomic E-state index is 11.0. The van der Waals surface area contributed by atoms with E-state index < -0.39 is 4.92 Å². The summed E-state index contributed by atoms with van der Waals surface area (Å²) in [4.78, 5) is 10.5. The smallest absolute Gasteiger partial charge is 0.296 e. The molecule has 0 aliphatic carbocycles. The molecule has 1 heterocycles. The van der Waals surface area contributed by atoms with Gasteiger partial charge in [0.15, 0.2) is 0 Å². The molecule has 1 aliphatic rings. The van der Waals surface area contributed by atoms with Crippen LogP contribution in [0, 0.1) is 10.1 Å². The van der Waals surface area contributed by atoms with Crippen molar-refractivity contribution in [3.05, 3.63) is 52.1 Å². The van der Waals surface area contributed by atoms with E-state index in [0.29, 0.717) is 18.0 Å². The molecule has 0 spiro atoms. The molecule has 0 aromatic heterocycles. The minimum Gasteiger partial charge on any atom is -0.508 e. The van der Waals surface area contributed by atoms with Gasteiger partial charge < -0.3 is 20.3 Å². The van der Waals surface area contributed by atoms with Crippen molar-refractivity contribution in [2.75, 3.05) is 11.9 Å². The standard InChI is InChI=1S/C14H12N2O5/c17-8-2-4-11(13(5-8)16(19)20)15-12-7-21-14-6-9(18)1-3-10(12)14/h1-6,12,15,17-18H,7H2. The Morgan fingerprint density at radius 1 is 1.19 bits per heavy atom. The Bertz CT molecular complexity index is 717. The largest absolute Gasteiger partial charge is 0.508 e. The van der Waals surface area contributed by atoms with Gasteiger partial charge in [0.05, 0.1) is 17.0 Å². The first kappa shape index (κ1) is 13.0. The van der Waals surface area contributed by atoms with Crippen molar-refractivity contribution < 1.29 is 19.9 Å². The molecule has 1 atom stereocenters. The number of hydrogen-bond acceptors (Lipinski definition) is 6. The Hall–Kier alpha value is -2.96. The van der Waals surface area contributed by atoms with Gasteiger partial charge in [-0.3, -0.25) is 10.1 Å². The number of benzene rings is 2. The van der Waals surface area contributed by atoms with Crippen LogP contribution in [0.4, 0.5) is 11.4 Å². The number of ether oxygens (including phenoxy) is 1. The van der Waals surface area contributed by atoms with Crippen molar-refractivity contribution in [3.63, 3.8) is 0 Å². The van der Waals surface area contributed by atoms with E-state index in [-0.39, 0.29) is 23.2 Å². The Kier molecular flexibility index (Phi) is 3.02.